The van der Waals surface area contributed by atoms with E-state index in [1.807, 2.05) is 24.3 Å². The van der Waals surface area contributed by atoms with Gasteiger partial charge in [0.15, 0.2) is 5.78 Å². The van der Waals surface area contributed by atoms with E-state index in [1.54, 1.807) is 37.3 Å². The van der Waals surface area contributed by atoms with Gasteiger partial charge in [-0.05, 0) is 30.5 Å². The fourth-order valence-electron chi connectivity index (χ4n) is 2.97. The summed E-state index contributed by atoms with van der Waals surface area (Å²) in [5.41, 5.74) is 2.73. The molecule has 4 heteroatoms. The number of aryl methyl sites for hydroxylation is 1. The summed E-state index contributed by atoms with van der Waals surface area (Å²) in [4.78, 5) is 25.4. The normalized spacial score (nSPS) is 15.2. The number of ketones is 1. The van der Waals surface area contributed by atoms with Crippen molar-refractivity contribution in [1.82, 2.24) is 0 Å². The molecule has 0 radical (unpaired) electrons. The van der Waals surface area contributed by atoms with E-state index in [0.29, 0.717) is 11.1 Å². The molecule has 0 unspecified atom stereocenters. The topological polar surface area (TPSA) is 63.6 Å². The predicted octanol–water partition coefficient (Wildman–Crippen LogP) is 4.36. The number of hydrogen-bond acceptors (Lipinski definition) is 4. The zero-order valence-electron chi connectivity index (χ0n) is 14.8. The Morgan fingerprint density at radius 2 is 1.69 bits per heavy atom. The summed E-state index contributed by atoms with van der Waals surface area (Å²) in [5, 5.41) is 10.7. The van der Waals surface area contributed by atoms with E-state index in [-0.39, 0.29) is 29.3 Å². The maximum absolute atomic E-state index is 13.0. The average molecular weight is 348 g/mol. The van der Waals surface area contributed by atoms with Gasteiger partial charge in [-0.1, -0.05) is 55.5 Å². The minimum Gasteiger partial charge on any atom is -0.506 e. The van der Waals surface area contributed by atoms with Crippen LogP contribution in [0.2, 0.25) is 0 Å². The number of carbonyl (C=O) groups excluding carboxylic acids is 2. The number of aliphatic hydroxyl groups is 1. The van der Waals surface area contributed by atoms with E-state index >= 15 is 0 Å². The third kappa shape index (κ3) is 3.18. The molecule has 1 aliphatic rings. The number of aliphatic hydroxyl groups excluding tert-OH is 1. The van der Waals surface area contributed by atoms with Crippen molar-refractivity contribution in [3.8, 4) is 0 Å². The Hall–Kier alpha value is -3.14. The summed E-state index contributed by atoms with van der Waals surface area (Å²) in [5.74, 6) is -1.24. The summed E-state index contributed by atoms with van der Waals surface area (Å²) < 4.78 is 5.07. The van der Waals surface area contributed by atoms with Crippen LogP contribution in [-0.4, -0.2) is 23.5 Å². The Morgan fingerprint density at radius 3 is 2.31 bits per heavy atom. The van der Waals surface area contributed by atoms with E-state index in [2.05, 4.69) is 6.92 Å². The van der Waals surface area contributed by atoms with Crippen molar-refractivity contribution in [3.05, 3.63) is 81.9 Å². The lowest BCUT2D eigenvalue weighted by Gasteiger charge is -2.20. The van der Waals surface area contributed by atoms with Crippen LogP contribution < -0.4 is 0 Å². The molecule has 2 aromatic rings. The molecule has 0 aromatic heterocycles. The minimum atomic E-state index is -0.704. The number of carbonyl (C=O) groups is 2. The summed E-state index contributed by atoms with van der Waals surface area (Å²) in [6.07, 6.45) is 2.54. The first-order chi connectivity index (χ1) is 12.6. The highest BCUT2D eigenvalue weighted by molar-refractivity contribution is 6.26. The largest absolute Gasteiger partial charge is 0.506 e. The van der Waals surface area contributed by atoms with E-state index in [0.717, 1.165) is 12.0 Å². The fraction of sp³-hybridized carbons (Fsp3) is 0.182. The Bertz CT molecular complexity index is 917. The summed E-state index contributed by atoms with van der Waals surface area (Å²) in [7, 11) is 0. The molecule has 3 rings (SSSR count). The van der Waals surface area contributed by atoms with Gasteiger partial charge in [0.25, 0.3) is 0 Å². The number of fused-ring (bicyclic) bond motifs is 1. The van der Waals surface area contributed by atoms with E-state index in [4.69, 9.17) is 4.74 Å². The fourth-order valence-corrected chi connectivity index (χ4v) is 2.97. The molecule has 1 aliphatic carbocycles. The molecule has 0 saturated carbocycles. The van der Waals surface area contributed by atoms with Gasteiger partial charge >= 0.3 is 5.97 Å². The van der Waals surface area contributed by atoms with E-state index in [9.17, 15) is 14.7 Å². The van der Waals surface area contributed by atoms with Crippen LogP contribution in [0.25, 0.3) is 11.8 Å². The standard InChI is InChI=1S/C22H20O4/c1-3-14-9-11-15(12-10-14)13-18-19(22(25)26-4-2)21(24)17-8-6-5-7-16(17)20(18)23/h5-13,24H,3-4H2,1-2H3/b18-13+. The molecule has 2 aromatic carbocycles. The molecule has 132 valence electrons. The SMILES string of the molecule is CCOC(=O)C1=C(O)c2ccccc2C(=O)/C1=C/c1ccc(CC)cc1. The molecular weight excluding hydrogens is 328 g/mol. The maximum atomic E-state index is 13.0. The van der Waals surface area contributed by atoms with Crippen molar-refractivity contribution >= 4 is 23.6 Å². The molecule has 0 heterocycles. The quantitative estimate of drug-likeness (QED) is 0.659. The second kappa shape index (κ2) is 7.40. The summed E-state index contributed by atoms with van der Waals surface area (Å²) in [6.45, 7) is 3.90. The molecule has 0 amide bonds. The van der Waals surface area contributed by atoms with Crippen molar-refractivity contribution < 1.29 is 19.4 Å². The highest BCUT2D eigenvalue weighted by Crippen LogP contribution is 2.35. The lowest BCUT2D eigenvalue weighted by atomic mass is 9.84. The number of hydrogen-bond donors (Lipinski definition) is 1. The third-order valence-electron chi connectivity index (χ3n) is 4.36. The van der Waals surface area contributed by atoms with Crippen LogP contribution in [0.3, 0.4) is 0 Å². The number of ether oxygens (including phenoxy) is 1. The van der Waals surface area contributed by atoms with Crippen molar-refractivity contribution in [3.63, 3.8) is 0 Å². The lowest BCUT2D eigenvalue weighted by molar-refractivity contribution is -0.138. The van der Waals surface area contributed by atoms with Crippen LogP contribution in [0, 0.1) is 0 Å². The van der Waals surface area contributed by atoms with Gasteiger partial charge < -0.3 is 9.84 Å². The molecule has 0 aliphatic heterocycles. The molecular formula is C22H20O4. The predicted molar refractivity (Wildman–Crippen MR) is 101 cm³/mol. The van der Waals surface area contributed by atoms with Gasteiger partial charge in [-0.3, -0.25) is 4.79 Å². The van der Waals surface area contributed by atoms with Crippen LogP contribution in [-0.2, 0) is 16.0 Å². The van der Waals surface area contributed by atoms with Crippen LogP contribution in [0.15, 0.2) is 59.7 Å². The Labute approximate surface area is 152 Å². The monoisotopic (exact) mass is 348 g/mol. The second-order valence-electron chi connectivity index (χ2n) is 5.97. The van der Waals surface area contributed by atoms with Crippen molar-refractivity contribution in [2.75, 3.05) is 6.61 Å². The molecule has 0 fully saturated rings. The first kappa shape index (κ1) is 17.7. The zero-order chi connectivity index (χ0) is 18.7. The van der Waals surface area contributed by atoms with Gasteiger partial charge in [-0.25, -0.2) is 4.79 Å². The van der Waals surface area contributed by atoms with Crippen molar-refractivity contribution in [2.45, 2.75) is 20.3 Å². The number of benzene rings is 2. The molecule has 1 N–H and O–H groups in total. The van der Waals surface area contributed by atoms with Gasteiger partial charge in [0.1, 0.15) is 11.3 Å². The number of esters is 1. The van der Waals surface area contributed by atoms with Crippen LogP contribution in [0.4, 0.5) is 0 Å². The average Bonchev–Trinajstić information content (AvgIpc) is 2.66. The van der Waals surface area contributed by atoms with E-state index in [1.165, 1.54) is 5.56 Å². The highest BCUT2D eigenvalue weighted by Gasteiger charge is 2.34. The molecule has 0 spiro atoms. The van der Waals surface area contributed by atoms with Gasteiger partial charge in [-0.2, -0.15) is 0 Å². The zero-order valence-corrected chi connectivity index (χ0v) is 14.8. The van der Waals surface area contributed by atoms with Gasteiger partial charge in [-0.15, -0.1) is 0 Å². The van der Waals surface area contributed by atoms with Gasteiger partial charge in [0.05, 0.1) is 6.61 Å². The first-order valence-corrected chi connectivity index (χ1v) is 8.62. The number of rotatable bonds is 4. The Morgan fingerprint density at radius 1 is 1.04 bits per heavy atom. The first-order valence-electron chi connectivity index (χ1n) is 8.62. The summed E-state index contributed by atoms with van der Waals surface area (Å²) >= 11 is 0. The molecule has 26 heavy (non-hydrogen) atoms. The lowest BCUT2D eigenvalue weighted by Crippen LogP contribution is -2.22. The Kier molecular flexibility index (Phi) is 5.03. The smallest absolute Gasteiger partial charge is 0.342 e. The van der Waals surface area contributed by atoms with Crippen LogP contribution in [0.1, 0.15) is 40.9 Å². The highest BCUT2D eigenvalue weighted by atomic mass is 16.5. The van der Waals surface area contributed by atoms with Gasteiger partial charge in [0.2, 0.25) is 0 Å². The molecule has 0 bridgehead atoms. The second-order valence-corrected chi connectivity index (χ2v) is 5.97. The van der Waals surface area contributed by atoms with Crippen molar-refractivity contribution in [1.29, 1.82) is 0 Å². The van der Waals surface area contributed by atoms with Crippen LogP contribution >= 0.6 is 0 Å². The third-order valence-corrected chi connectivity index (χ3v) is 4.36. The van der Waals surface area contributed by atoms with Gasteiger partial charge in [0, 0.05) is 16.7 Å². The van der Waals surface area contributed by atoms with Crippen LogP contribution in [0.5, 0.6) is 0 Å². The molecule has 4 nitrogen and oxygen atoms in total. The van der Waals surface area contributed by atoms with E-state index < -0.39 is 5.97 Å². The van der Waals surface area contributed by atoms with Crippen molar-refractivity contribution in [2.24, 2.45) is 0 Å². The summed E-state index contributed by atoms with van der Waals surface area (Å²) in [6, 6.07) is 14.4. The maximum Gasteiger partial charge on any atom is 0.342 e. The minimum absolute atomic E-state index is 0.0879. The molecule has 0 saturated heterocycles. The number of Topliss-reactive ketones (excluding diaryl/α,β-unsaturated/α-hetero) is 1. The molecule has 0 atom stereocenters. The Balaban J connectivity index is 2.17.